The van der Waals surface area contributed by atoms with Crippen molar-refractivity contribution in [2.24, 2.45) is 5.92 Å². The number of hydrogen-bond acceptors (Lipinski definition) is 3. The van der Waals surface area contributed by atoms with Crippen LogP contribution in [0.5, 0.6) is 5.75 Å². The molecule has 2 fully saturated rings. The average Bonchev–Trinajstić information content (AvgIpc) is 2.68. The molecule has 0 bridgehead atoms. The minimum Gasteiger partial charge on any atom is -0.487 e. The lowest BCUT2D eigenvalue weighted by Crippen LogP contribution is -2.53. The largest absolute Gasteiger partial charge is 0.487 e. The van der Waals surface area contributed by atoms with Crippen LogP contribution in [0.1, 0.15) is 70.3 Å². The van der Waals surface area contributed by atoms with Crippen molar-refractivity contribution in [1.82, 2.24) is 9.80 Å². The van der Waals surface area contributed by atoms with Gasteiger partial charge in [-0.05, 0) is 44.7 Å². The molecule has 1 atom stereocenters. The molecule has 0 radical (unpaired) electrons. The Bertz CT molecular complexity index is 746. The highest BCUT2D eigenvalue weighted by molar-refractivity contribution is 5.79. The number of piperidine rings is 1. The molecule has 1 aliphatic carbocycles. The van der Waals surface area contributed by atoms with Crippen LogP contribution < -0.4 is 4.74 Å². The van der Waals surface area contributed by atoms with Gasteiger partial charge in [0.1, 0.15) is 11.4 Å². The first kappa shape index (κ1) is 20.2. The SMILES string of the molecule is CCN(CC)C(=O)CC1CC2(CCN(C(=O)C3CCC3)CC2)Oc2ccccc21. The van der Waals surface area contributed by atoms with E-state index in [-0.39, 0.29) is 23.3 Å². The van der Waals surface area contributed by atoms with E-state index in [0.717, 1.165) is 69.6 Å². The molecule has 5 heteroatoms. The van der Waals surface area contributed by atoms with E-state index < -0.39 is 0 Å². The quantitative estimate of drug-likeness (QED) is 0.754. The summed E-state index contributed by atoms with van der Waals surface area (Å²) in [6, 6.07) is 8.19. The standard InChI is InChI=1S/C24H34N2O3/c1-3-25(4-2)22(27)16-19-17-24(29-21-11-6-5-10-20(19)21)12-14-26(15-13-24)23(28)18-8-7-9-18/h5-6,10-11,18-19H,3-4,7-9,12-17H2,1-2H3. The molecule has 1 aromatic rings. The minimum absolute atomic E-state index is 0.182. The number of para-hydroxylation sites is 1. The van der Waals surface area contributed by atoms with Gasteiger partial charge in [-0.3, -0.25) is 9.59 Å². The fourth-order valence-corrected chi connectivity index (χ4v) is 5.20. The maximum absolute atomic E-state index is 12.8. The minimum atomic E-state index is -0.251. The van der Waals surface area contributed by atoms with Gasteiger partial charge < -0.3 is 14.5 Å². The lowest BCUT2D eigenvalue weighted by Gasteiger charge is -2.47. The zero-order valence-corrected chi connectivity index (χ0v) is 17.9. The summed E-state index contributed by atoms with van der Waals surface area (Å²) in [4.78, 5) is 29.5. The summed E-state index contributed by atoms with van der Waals surface area (Å²) < 4.78 is 6.55. The number of nitrogens with zero attached hydrogens (tertiary/aromatic N) is 2. The smallest absolute Gasteiger partial charge is 0.225 e. The number of ether oxygens (including phenoxy) is 1. The Balaban J connectivity index is 1.48. The Morgan fingerprint density at radius 3 is 2.45 bits per heavy atom. The van der Waals surface area contributed by atoms with Crippen LogP contribution in [0.4, 0.5) is 0 Å². The second-order valence-electron chi connectivity index (χ2n) is 8.95. The molecule has 2 amide bonds. The lowest BCUT2D eigenvalue weighted by atomic mass is 9.75. The number of likely N-dealkylation sites (tertiary alicyclic amines) is 1. The number of fused-ring (bicyclic) bond motifs is 1. The maximum Gasteiger partial charge on any atom is 0.225 e. The van der Waals surface area contributed by atoms with Gasteiger partial charge in [-0.1, -0.05) is 24.6 Å². The van der Waals surface area contributed by atoms with Crippen LogP contribution in [0, 0.1) is 5.92 Å². The van der Waals surface area contributed by atoms with E-state index in [1.165, 1.54) is 6.42 Å². The zero-order chi connectivity index (χ0) is 20.4. The van der Waals surface area contributed by atoms with Crippen molar-refractivity contribution in [3.05, 3.63) is 29.8 Å². The van der Waals surface area contributed by atoms with Gasteiger partial charge in [0, 0.05) is 57.3 Å². The van der Waals surface area contributed by atoms with Gasteiger partial charge in [0.2, 0.25) is 11.8 Å². The van der Waals surface area contributed by atoms with Crippen molar-refractivity contribution >= 4 is 11.8 Å². The molecular formula is C24H34N2O3. The highest BCUT2D eigenvalue weighted by Gasteiger charge is 2.45. The van der Waals surface area contributed by atoms with Gasteiger partial charge >= 0.3 is 0 Å². The normalized spacial score (nSPS) is 23.1. The fraction of sp³-hybridized carbons (Fsp3) is 0.667. The van der Waals surface area contributed by atoms with Crippen LogP contribution in [-0.4, -0.2) is 53.4 Å². The van der Waals surface area contributed by atoms with Crippen LogP contribution >= 0.6 is 0 Å². The van der Waals surface area contributed by atoms with E-state index in [0.29, 0.717) is 12.3 Å². The molecule has 1 aromatic carbocycles. The maximum atomic E-state index is 12.8. The third-order valence-electron chi connectivity index (χ3n) is 7.28. The Morgan fingerprint density at radius 1 is 1.14 bits per heavy atom. The molecular weight excluding hydrogens is 364 g/mol. The van der Waals surface area contributed by atoms with Crippen molar-refractivity contribution < 1.29 is 14.3 Å². The van der Waals surface area contributed by atoms with E-state index in [4.69, 9.17) is 4.74 Å². The summed E-state index contributed by atoms with van der Waals surface area (Å²) in [5.74, 6) is 1.94. The molecule has 4 rings (SSSR count). The second kappa shape index (κ2) is 8.37. The molecule has 1 saturated heterocycles. The monoisotopic (exact) mass is 398 g/mol. The van der Waals surface area contributed by atoms with Crippen LogP contribution in [0.2, 0.25) is 0 Å². The van der Waals surface area contributed by atoms with Gasteiger partial charge in [-0.2, -0.15) is 0 Å². The number of amides is 2. The van der Waals surface area contributed by atoms with Crippen LogP contribution in [0.15, 0.2) is 24.3 Å². The molecule has 2 heterocycles. The molecule has 29 heavy (non-hydrogen) atoms. The number of hydrogen-bond donors (Lipinski definition) is 0. The van der Waals surface area contributed by atoms with Crippen molar-refractivity contribution in [2.75, 3.05) is 26.2 Å². The molecule has 1 unspecified atom stereocenters. The van der Waals surface area contributed by atoms with Crippen molar-refractivity contribution in [3.63, 3.8) is 0 Å². The van der Waals surface area contributed by atoms with Gasteiger partial charge in [0.15, 0.2) is 0 Å². The topological polar surface area (TPSA) is 49.9 Å². The third kappa shape index (κ3) is 4.01. The van der Waals surface area contributed by atoms with Gasteiger partial charge in [-0.15, -0.1) is 0 Å². The first-order chi connectivity index (χ1) is 14.0. The van der Waals surface area contributed by atoms with Crippen LogP contribution in [0.3, 0.4) is 0 Å². The number of benzene rings is 1. The van der Waals surface area contributed by atoms with Gasteiger partial charge in [0.25, 0.3) is 0 Å². The number of rotatable bonds is 5. The Morgan fingerprint density at radius 2 is 1.83 bits per heavy atom. The molecule has 0 N–H and O–H groups in total. The van der Waals surface area contributed by atoms with E-state index in [1.807, 2.05) is 36.9 Å². The summed E-state index contributed by atoms with van der Waals surface area (Å²) in [6.07, 6.45) is 6.42. The Labute approximate surface area is 174 Å². The molecule has 3 aliphatic rings. The Kier molecular flexibility index (Phi) is 5.84. The van der Waals surface area contributed by atoms with Crippen molar-refractivity contribution in [1.29, 1.82) is 0 Å². The third-order valence-corrected chi connectivity index (χ3v) is 7.28. The van der Waals surface area contributed by atoms with E-state index in [9.17, 15) is 9.59 Å². The molecule has 5 nitrogen and oxygen atoms in total. The highest BCUT2D eigenvalue weighted by atomic mass is 16.5. The first-order valence-electron chi connectivity index (χ1n) is 11.4. The fourth-order valence-electron chi connectivity index (χ4n) is 5.20. The summed E-state index contributed by atoms with van der Waals surface area (Å²) in [5, 5.41) is 0. The highest BCUT2D eigenvalue weighted by Crippen LogP contribution is 2.47. The molecule has 0 aromatic heterocycles. The number of carbonyl (C=O) groups excluding carboxylic acids is 2. The van der Waals surface area contributed by atoms with Gasteiger partial charge in [-0.25, -0.2) is 0 Å². The predicted octanol–water partition coefficient (Wildman–Crippen LogP) is 3.97. The average molecular weight is 399 g/mol. The first-order valence-corrected chi connectivity index (χ1v) is 11.4. The van der Waals surface area contributed by atoms with Crippen molar-refractivity contribution in [2.45, 2.75) is 70.3 Å². The zero-order valence-electron chi connectivity index (χ0n) is 17.9. The molecule has 158 valence electrons. The summed E-state index contributed by atoms with van der Waals surface area (Å²) in [5.41, 5.74) is 0.908. The lowest BCUT2D eigenvalue weighted by molar-refractivity contribution is -0.142. The van der Waals surface area contributed by atoms with Gasteiger partial charge in [0.05, 0.1) is 0 Å². The summed E-state index contributed by atoms with van der Waals surface area (Å²) in [7, 11) is 0. The van der Waals surface area contributed by atoms with Crippen LogP contribution in [-0.2, 0) is 9.59 Å². The van der Waals surface area contributed by atoms with E-state index >= 15 is 0 Å². The molecule has 1 saturated carbocycles. The van der Waals surface area contributed by atoms with E-state index in [1.54, 1.807) is 0 Å². The van der Waals surface area contributed by atoms with E-state index in [2.05, 4.69) is 11.0 Å². The van der Waals surface area contributed by atoms with Crippen LogP contribution in [0.25, 0.3) is 0 Å². The number of carbonyl (C=O) groups is 2. The summed E-state index contributed by atoms with van der Waals surface area (Å²) >= 11 is 0. The molecule has 2 aliphatic heterocycles. The van der Waals surface area contributed by atoms with Crippen molar-refractivity contribution in [3.8, 4) is 5.75 Å². The molecule has 1 spiro atoms. The second-order valence-corrected chi connectivity index (χ2v) is 8.95. The predicted molar refractivity (Wildman–Crippen MR) is 113 cm³/mol. The summed E-state index contributed by atoms with van der Waals surface area (Å²) in [6.45, 7) is 7.13. The Hall–Kier alpha value is -2.04.